The molecule has 1 fully saturated rings. The van der Waals surface area contributed by atoms with Gasteiger partial charge in [-0.15, -0.1) is 0 Å². The van der Waals surface area contributed by atoms with E-state index in [1.165, 1.54) is 0 Å². The van der Waals surface area contributed by atoms with Gasteiger partial charge >= 0.3 is 0 Å². The minimum absolute atomic E-state index is 0.136. The average molecular weight is 250 g/mol. The van der Waals surface area contributed by atoms with E-state index in [0.717, 1.165) is 18.7 Å². The highest BCUT2D eigenvalue weighted by Crippen LogP contribution is 2.31. The van der Waals surface area contributed by atoms with E-state index in [-0.39, 0.29) is 12.5 Å². The molecule has 1 aromatic rings. The van der Waals surface area contributed by atoms with Crippen LogP contribution in [0.3, 0.4) is 0 Å². The number of benzene rings is 1. The summed E-state index contributed by atoms with van der Waals surface area (Å²) in [5.41, 5.74) is 6.19. The van der Waals surface area contributed by atoms with Crippen LogP contribution in [0.5, 0.6) is 5.75 Å². The Morgan fingerprint density at radius 1 is 1.47 bits per heavy atom. The van der Waals surface area contributed by atoms with E-state index in [1.807, 2.05) is 24.3 Å². The van der Waals surface area contributed by atoms with Gasteiger partial charge in [0.25, 0.3) is 0 Å². The number of nitrogens with zero attached hydrogens (tertiary/aromatic N) is 1. The van der Waals surface area contributed by atoms with Crippen LogP contribution in [0.4, 0.5) is 5.69 Å². The maximum Gasteiger partial charge on any atom is 0.227 e. The minimum atomic E-state index is 0.136. The number of para-hydroxylation sites is 2. The first-order chi connectivity index (χ1) is 8.18. The Bertz CT molecular complexity index is 448. The van der Waals surface area contributed by atoms with Crippen molar-refractivity contribution in [2.75, 3.05) is 18.1 Å². The maximum atomic E-state index is 11.7. The lowest BCUT2D eigenvalue weighted by atomic mass is 10.2. The number of amides is 1. The summed E-state index contributed by atoms with van der Waals surface area (Å²) in [6.45, 7) is 0.931. The second-order valence-corrected chi connectivity index (χ2v) is 4.40. The van der Waals surface area contributed by atoms with Gasteiger partial charge in [-0.1, -0.05) is 24.4 Å². The first-order valence-corrected chi connectivity index (χ1v) is 5.90. The largest absolute Gasteiger partial charge is 0.484 e. The zero-order valence-corrected chi connectivity index (χ0v) is 10.2. The molecule has 0 radical (unpaired) electrons. The molecule has 0 bridgehead atoms. The third-order valence-corrected chi connectivity index (χ3v) is 2.72. The van der Waals surface area contributed by atoms with E-state index in [9.17, 15) is 4.79 Å². The normalized spacial score (nSPS) is 15.1. The molecule has 1 aliphatic heterocycles. The standard InChI is InChI=1S/C12H14N2O2S/c13-11(17)8-16-10-5-2-1-4-9(10)14-7-3-6-12(14)15/h1-2,4-5H,3,6-8H2,(H2,13,17). The topological polar surface area (TPSA) is 55.6 Å². The molecule has 0 unspecified atom stereocenters. The molecule has 4 nitrogen and oxygen atoms in total. The Hall–Kier alpha value is -1.62. The third-order valence-electron chi connectivity index (χ3n) is 2.60. The predicted octanol–water partition coefficient (Wildman–Crippen LogP) is 1.48. The summed E-state index contributed by atoms with van der Waals surface area (Å²) in [6, 6.07) is 7.44. The van der Waals surface area contributed by atoms with Crippen molar-refractivity contribution in [3.8, 4) is 5.75 Å². The molecule has 2 N–H and O–H groups in total. The van der Waals surface area contributed by atoms with E-state index in [1.54, 1.807) is 4.90 Å². The lowest BCUT2D eigenvalue weighted by Gasteiger charge is -2.19. The Balaban J connectivity index is 2.20. The van der Waals surface area contributed by atoms with Crippen molar-refractivity contribution in [2.24, 2.45) is 5.73 Å². The van der Waals surface area contributed by atoms with Crippen molar-refractivity contribution < 1.29 is 9.53 Å². The van der Waals surface area contributed by atoms with E-state index in [2.05, 4.69) is 0 Å². The van der Waals surface area contributed by atoms with Crippen LogP contribution in [0.2, 0.25) is 0 Å². The number of nitrogens with two attached hydrogens (primary N) is 1. The van der Waals surface area contributed by atoms with Gasteiger partial charge in [0.2, 0.25) is 5.91 Å². The van der Waals surface area contributed by atoms with Crippen molar-refractivity contribution >= 4 is 28.8 Å². The fourth-order valence-corrected chi connectivity index (χ4v) is 1.91. The summed E-state index contributed by atoms with van der Waals surface area (Å²) < 4.78 is 5.50. The number of anilines is 1. The van der Waals surface area contributed by atoms with Crippen LogP contribution < -0.4 is 15.4 Å². The molecule has 2 rings (SSSR count). The summed E-state index contributed by atoms with van der Waals surface area (Å²) in [5.74, 6) is 0.784. The number of rotatable bonds is 4. The number of carbonyl (C=O) groups excluding carboxylic acids is 1. The summed E-state index contributed by atoms with van der Waals surface area (Å²) in [5, 5.41) is 0. The average Bonchev–Trinajstić information content (AvgIpc) is 2.73. The number of thiocarbonyl (C=S) groups is 1. The monoisotopic (exact) mass is 250 g/mol. The van der Waals surface area contributed by atoms with Gasteiger partial charge in [-0.05, 0) is 18.6 Å². The Kier molecular flexibility index (Phi) is 3.58. The van der Waals surface area contributed by atoms with Crippen LogP contribution in [-0.4, -0.2) is 24.0 Å². The van der Waals surface area contributed by atoms with Crippen molar-refractivity contribution in [2.45, 2.75) is 12.8 Å². The number of ether oxygens (including phenoxy) is 1. The molecular weight excluding hydrogens is 236 g/mol. The quantitative estimate of drug-likeness (QED) is 0.822. The van der Waals surface area contributed by atoms with E-state index < -0.39 is 0 Å². The molecular formula is C12H14N2O2S. The molecule has 1 saturated heterocycles. The molecule has 0 atom stereocenters. The van der Waals surface area contributed by atoms with Crippen LogP contribution in [-0.2, 0) is 4.79 Å². The first kappa shape index (κ1) is 11.9. The molecule has 0 aromatic heterocycles. The van der Waals surface area contributed by atoms with Crippen molar-refractivity contribution in [3.63, 3.8) is 0 Å². The second-order valence-electron chi connectivity index (χ2n) is 3.87. The highest BCUT2D eigenvalue weighted by atomic mass is 32.1. The zero-order valence-electron chi connectivity index (χ0n) is 9.39. The fourth-order valence-electron chi connectivity index (χ4n) is 1.85. The Morgan fingerprint density at radius 2 is 2.24 bits per heavy atom. The third kappa shape index (κ3) is 2.74. The SMILES string of the molecule is NC(=S)COc1ccccc1N1CCCC1=O. The zero-order chi connectivity index (χ0) is 12.3. The molecule has 1 amide bonds. The van der Waals surface area contributed by atoms with Crippen LogP contribution in [0, 0.1) is 0 Å². The molecule has 0 spiro atoms. The predicted molar refractivity (Wildman–Crippen MR) is 70.3 cm³/mol. The summed E-state index contributed by atoms with van der Waals surface area (Å²) in [6.07, 6.45) is 1.49. The van der Waals surface area contributed by atoms with Gasteiger partial charge in [-0.2, -0.15) is 0 Å². The van der Waals surface area contributed by atoms with Gasteiger partial charge < -0.3 is 15.4 Å². The maximum absolute atomic E-state index is 11.7. The van der Waals surface area contributed by atoms with Crippen LogP contribution in [0.1, 0.15) is 12.8 Å². The van der Waals surface area contributed by atoms with Crippen molar-refractivity contribution in [1.82, 2.24) is 0 Å². The molecule has 17 heavy (non-hydrogen) atoms. The molecule has 1 heterocycles. The van der Waals surface area contributed by atoms with Crippen LogP contribution >= 0.6 is 12.2 Å². The first-order valence-electron chi connectivity index (χ1n) is 5.49. The van der Waals surface area contributed by atoms with Crippen molar-refractivity contribution in [3.05, 3.63) is 24.3 Å². The van der Waals surface area contributed by atoms with Crippen LogP contribution in [0.15, 0.2) is 24.3 Å². The lowest BCUT2D eigenvalue weighted by Crippen LogP contribution is -2.25. The van der Waals surface area contributed by atoms with Crippen molar-refractivity contribution in [1.29, 1.82) is 0 Å². The molecule has 0 saturated carbocycles. The summed E-state index contributed by atoms with van der Waals surface area (Å²) in [4.78, 5) is 13.7. The number of hydrogen-bond acceptors (Lipinski definition) is 3. The second kappa shape index (κ2) is 5.14. The van der Waals surface area contributed by atoms with Gasteiger partial charge in [-0.25, -0.2) is 0 Å². The van der Waals surface area contributed by atoms with Gasteiger partial charge in [-0.3, -0.25) is 4.79 Å². The van der Waals surface area contributed by atoms with Gasteiger partial charge in [0.15, 0.2) is 0 Å². The molecule has 5 heteroatoms. The smallest absolute Gasteiger partial charge is 0.227 e. The van der Waals surface area contributed by atoms with Gasteiger partial charge in [0.1, 0.15) is 17.3 Å². The van der Waals surface area contributed by atoms with Gasteiger partial charge in [0, 0.05) is 13.0 Å². The summed E-state index contributed by atoms with van der Waals surface area (Å²) >= 11 is 4.77. The highest BCUT2D eigenvalue weighted by molar-refractivity contribution is 7.80. The van der Waals surface area contributed by atoms with E-state index in [4.69, 9.17) is 22.7 Å². The Morgan fingerprint density at radius 3 is 2.88 bits per heavy atom. The van der Waals surface area contributed by atoms with E-state index in [0.29, 0.717) is 17.2 Å². The number of carbonyl (C=O) groups is 1. The molecule has 1 aromatic carbocycles. The van der Waals surface area contributed by atoms with E-state index >= 15 is 0 Å². The highest BCUT2D eigenvalue weighted by Gasteiger charge is 2.24. The molecule has 0 aliphatic carbocycles. The molecule has 1 aliphatic rings. The van der Waals surface area contributed by atoms with Gasteiger partial charge in [0.05, 0.1) is 5.69 Å². The van der Waals surface area contributed by atoms with Crippen LogP contribution in [0.25, 0.3) is 0 Å². The summed E-state index contributed by atoms with van der Waals surface area (Å²) in [7, 11) is 0. The Labute approximate surface area is 105 Å². The molecule has 90 valence electrons. The number of hydrogen-bond donors (Lipinski definition) is 1. The minimum Gasteiger partial charge on any atom is -0.484 e. The fraction of sp³-hybridized carbons (Fsp3) is 0.333. The lowest BCUT2D eigenvalue weighted by molar-refractivity contribution is -0.117.